The fourth-order valence-electron chi connectivity index (χ4n) is 1.59. The maximum atomic E-state index is 11.0. The summed E-state index contributed by atoms with van der Waals surface area (Å²) < 4.78 is 5.30. The van der Waals surface area contributed by atoms with Crippen LogP contribution in [0.1, 0.15) is 12.8 Å². The number of benzene rings is 1. The Morgan fingerprint density at radius 1 is 1.58 bits per heavy atom. The molecule has 0 aromatic heterocycles. The summed E-state index contributed by atoms with van der Waals surface area (Å²) in [5.74, 6) is -0.699. The van der Waals surface area contributed by atoms with Gasteiger partial charge in [-0.15, -0.1) is 0 Å². The third-order valence-electron chi connectivity index (χ3n) is 2.76. The molecule has 1 aliphatic rings. The minimum absolute atomic E-state index is 0.0625. The Hall–Kier alpha value is -2.15. The van der Waals surface area contributed by atoms with Gasteiger partial charge in [-0.05, 0) is 18.9 Å². The van der Waals surface area contributed by atoms with Crippen LogP contribution in [0.2, 0.25) is 0 Å². The number of aliphatic carboxylic acids is 1. The van der Waals surface area contributed by atoms with Crippen molar-refractivity contribution in [3.8, 4) is 5.75 Å². The molecule has 0 spiro atoms. The number of non-ortho nitro benzene ring substituents is 1. The smallest absolute Gasteiger partial charge is 0.324 e. The first-order chi connectivity index (χ1) is 9.06. The average molecular weight is 266 g/mol. The lowest BCUT2D eigenvalue weighted by Gasteiger charge is -2.14. The fourth-order valence-corrected chi connectivity index (χ4v) is 1.59. The van der Waals surface area contributed by atoms with Crippen molar-refractivity contribution in [3.05, 3.63) is 34.4 Å². The second-order valence-corrected chi connectivity index (χ2v) is 4.40. The number of nitrogens with one attached hydrogen (secondary N) is 1. The summed E-state index contributed by atoms with van der Waals surface area (Å²) in [7, 11) is 0. The summed E-state index contributed by atoms with van der Waals surface area (Å²) in [6.07, 6.45) is 1.95. The van der Waals surface area contributed by atoms with Crippen LogP contribution in [0, 0.1) is 10.1 Å². The molecule has 102 valence electrons. The Morgan fingerprint density at radius 2 is 2.32 bits per heavy atom. The van der Waals surface area contributed by atoms with Crippen molar-refractivity contribution in [2.75, 3.05) is 6.61 Å². The van der Waals surface area contributed by atoms with Crippen LogP contribution in [0.25, 0.3) is 0 Å². The van der Waals surface area contributed by atoms with E-state index < -0.39 is 16.9 Å². The van der Waals surface area contributed by atoms with Gasteiger partial charge in [-0.2, -0.15) is 0 Å². The molecule has 7 nitrogen and oxygen atoms in total. The Bertz CT molecular complexity index is 487. The van der Waals surface area contributed by atoms with E-state index in [0.29, 0.717) is 0 Å². The van der Waals surface area contributed by atoms with Crippen LogP contribution in [0.4, 0.5) is 5.69 Å². The molecule has 2 rings (SSSR count). The number of ether oxygens (including phenoxy) is 1. The molecule has 1 unspecified atom stereocenters. The van der Waals surface area contributed by atoms with Crippen LogP contribution in [-0.2, 0) is 4.79 Å². The molecule has 0 aliphatic heterocycles. The maximum Gasteiger partial charge on any atom is 0.324 e. The van der Waals surface area contributed by atoms with Crippen molar-refractivity contribution in [3.63, 3.8) is 0 Å². The van der Waals surface area contributed by atoms with Crippen molar-refractivity contribution in [2.45, 2.75) is 24.9 Å². The summed E-state index contributed by atoms with van der Waals surface area (Å²) in [5, 5.41) is 22.6. The van der Waals surface area contributed by atoms with Crippen molar-refractivity contribution in [1.82, 2.24) is 5.32 Å². The van der Waals surface area contributed by atoms with Gasteiger partial charge in [0, 0.05) is 12.1 Å². The standard InChI is InChI=1S/C12H14N2O5/c15-12(16)11(13-8-4-5-8)7-19-10-3-1-2-9(6-10)14(17)18/h1-3,6,8,11,13H,4-5,7H2,(H,15,16). The molecule has 1 saturated carbocycles. The molecule has 0 heterocycles. The van der Waals surface area contributed by atoms with Gasteiger partial charge in [-0.3, -0.25) is 20.2 Å². The predicted molar refractivity (Wildman–Crippen MR) is 66.2 cm³/mol. The van der Waals surface area contributed by atoms with Crippen LogP contribution in [0.3, 0.4) is 0 Å². The summed E-state index contributed by atoms with van der Waals surface area (Å²) in [6, 6.07) is 5.13. The number of rotatable bonds is 7. The number of nitrogens with zero attached hydrogens (tertiary/aromatic N) is 1. The first kappa shape index (κ1) is 13.3. The second kappa shape index (κ2) is 5.66. The third-order valence-corrected chi connectivity index (χ3v) is 2.76. The van der Waals surface area contributed by atoms with E-state index >= 15 is 0 Å². The van der Waals surface area contributed by atoms with Gasteiger partial charge in [-0.25, -0.2) is 0 Å². The predicted octanol–water partition coefficient (Wildman–Crippen LogP) is 1.18. The number of nitro benzene ring substituents is 1. The van der Waals surface area contributed by atoms with Crippen LogP contribution in [0.15, 0.2) is 24.3 Å². The van der Waals surface area contributed by atoms with Crippen molar-refractivity contribution in [1.29, 1.82) is 0 Å². The summed E-state index contributed by atoms with van der Waals surface area (Å²) in [6.45, 7) is -0.0625. The van der Waals surface area contributed by atoms with E-state index in [1.807, 2.05) is 0 Å². The molecule has 0 saturated heterocycles. The Balaban J connectivity index is 1.93. The van der Waals surface area contributed by atoms with E-state index in [1.165, 1.54) is 18.2 Å². The van der Waals surface area contributed by atoms with Crippen LogP contribution < -0.4 is 10.1 Å². The molecule has 7 heteroatoms. The van der Waals surface area contributed by atoms with Crippen LogP contribution in [-0.4, -0.2) is 34.7 Å². The monoisotopic (exact) mass is 266 g/mol. The molecule has 1 aromatic rings. The van der Waals surface area contributed by atoms with E-state index in [1.54, 1.807) is 6.07 Å². The number of hydrogen-bond acceptors (Lipinski definition) is 5. The van der Waals surface area contributed by atoms with E-state index in [0.717, 1.165) is 12.8 Å². The van der Waals surface area contributed by atoms with E-state index in [9.17, 15) is 14.9 Å². The Morgan fingerprint density at radius 3 is 2.89 bits per heavy atom. The molecule has 2 N–H and O–H groups in total. The topological polar surface area (TPSA) is 102 Å². The van der Waals surface area contributed by atoms with Gasteiger partial charge in [0.25, 0.3) is 5.69 Å². The number of nitro groups is 1. The highest BCUT2D eigenvalue weighted by Gasteiger charge is 2.28. The summed E-state index contributed by atoms with van der Waals surface area (Å²) in [4.78, 5) is 21.1. The fraction of sp³-hybridized carbons (Fsp3) is 0.417. The lowest BCUT2D eigenvalue weighted by Crippen LogP contribution is -2.42. The van der Waals surface area contributed by atoms with Crippen LogP contribution in [0.5, 0.6) is 5.75 Å². The first-order valence-electron chi connectivity index (χ1n) is 5.92. The molecule has 1 aliphatic carbocycles. The molecule has 1 aromatic carbocycles. The highest BCUT2D eigenvalue weighted by Crippen LogP contribution is 2.21. The van der Waals surface area contributed by atoms with Gasteiger partial charge in [-0.1, -0.05) is 6.07 Å². The highest BCUT2D eigenvalue weighted by molar-refractivity contribution is 5.73. The highest BCUT2D eigenvalue weighted by atomic mass is 16.6. The molecule has 0 bridgehead atoms. The van der Waals surface area contributed by atoms with Crippen molar-refractivity contribution in [2.24, 2.45) is 0 Å². The van der Waals surface area contributed by atoms with Crippen LogP contribution >= 0.6 is 0 Å². The molecule has 1 fully saturated rings. The molecule has 1 atom stereocenters. The van der Waals surface area contributed by atoms with E-state index in [4.69, 9.17) is 9.84 Å². The lowest BCUT2D eigenvalue weighted by atomic mass is 10.3. The molecule has 0 radical (unpaired) electrons. The lowest BCUT2D eigenvalue weighted by molar-refractivity contribution is -0.384. The summed E-state index contributed by atoms with van der Waals surface area (Å²) in [5.41, 5.74) is -0.0838. The molecular formula is C12H14N2O5. The summed E-state index contributed by atoms with van der Waals surface area (Å²) >= 11 is 0. The van der Waals surface area contributed by atoms with Gasteiger partial charge in [0.05, 0.1) is 11.0 Å². The Labute approximate surface area is 109 Å². The minimum Gasteiger partial charge on any atom is -0.491 e. The minimum atomic E-state index is -0.989. The van der Waals surface area contributed by atoms with Crippen molar-refractivity contribution < 1.29 is 19.6 Å². The second-order valence-electron chi connectivity index (χ2n) is 4.40. The van der Waals surface area contributed by atoms with Gasteiger partial charge < -0.3 is 9.84 Å². The zero-order valence-electron chi connectivity index (χ0n) is 10.1. The third kappa shape index (κ3) is 3.92. The van der Waals surface area contributed by atoms with Crippen molar-refractivity contribution >= 4 is 11.7 Å². The zero-order valence-corrected chi connectivity index (χ0v) is 10.1. The normalized spacial score (nSPS) is 15.8. The number of hydrogen-bond donors (Lipinski definition) is 2. The van der Waals surface area contributed by atoms with E-state index in [-0.39, 0.29) is 24.1 Å². The zero-order chi connectivity index (χ0) is 13.8. The first-order valence-corrected chi connectivity index (χ1v) is 5.92. The SMILES string of the molecule is O=C(O)C(COc1cccc([N+](=O)[O-])c1)NC1CC1. The number of carboxylic acids is 1. The number of carboxylic acid groups (broad SMARTS) is 1. The largest absolute Gasteiger partial charge is 0.491 e. The maximum absolute atomic E-state index is 11.0. The van der Waals surface area contributed by atoms with Gasteiger partial charge in [0.1, 0.15) is 18.4 Å². The average Bonchev–Trinajstić information content (AvgIpc) is 3.18. The molecular weight excluding hydrogens is 252 g/mol. The quantitative estimate of drug-likeness (QED) is 0.567. The van der Waals surface area contributed by atoms with E-state index in [2.05, 4.69) is 5.32 Å². The molecule has 0 amide bonds. The molecule has 19 heavy (non-hydrogen) atoms. The van der Waals surface area contributed by atoms with Gasteiger partial charge in [0.2, 0.25) is 0 Å². The van der Waals surface area contributed by atoms with Gasteiger partial charge in [0.15, 0.2) is 0 Å². The Kier molecular flexibility index (Phi) is 3.96. The number of carbonyl (C=O) groups is 1. The van der Waals surface area contributed by atoms with Gasteiger partial charge >= 0.3 is 5.97 Å².